The molecule has 0 aromatic carbocycles. The zero-order valence-electron chi connectivity index (χ0n) is 12.5. The Morgan fingerprint density at radius 2 is 2.16 bits per heavy atom. The zero-order valence-corrected chi connectivity index (χ0v) is 12.5. The van der Waals surface area contributed by atoms with E-state index >= 15 is 0 Å². The predicted molar refractivity (Wildman–Crippen MR) is 75.0 cm³/mol. The van der Waals surface area contributed by atoms with Gasteiger partial charge in [0.25, 0.3) is 6.47 Å². The number of aliphatic hydroxyl groups excluding tert-OH is 1. The lowest BCUT2D eigenvalue weighted by Crippen LogP contribution is -2.32. The normalized spacial score (nSPS) is 19.3. The summed E-state index contributed by atoms with van der Waals surface area (Å²) in [5.41, 5.74) is -0.318. The molecule has 1 heterocycles. The predicted octanol–water partition coefficient (Wildman–Crippen LogP) is 1.34. The summed E-state index contributed by atoms with van der Waals surface area (Å²) in [4.78, 5) is 9.60. The molecule has 1 fully saturated rings. The Balaban J connectivity index is 0.000000399. The highest BCUT2D eigenvalue weighted by molar-refractivity contribution is 5.37. The van der Waals surface area contributed by atoms with Crippen molar-refractivity contribution in [3.63, 3.8) is 0 Å². The van der Waals surface area contributed by atoms with Crippen molar-refractivity contribution in [2.75, 3.05) is 32.9 Å². The van der Waals surface area contributed by atoms with Gasteiger partial charge in [0.05, 0.1) is 6.61 Å². The lowest BCUT2D eigenvalue weighted by atomic mass is 10.0. The van der Waals surface area contributed by atoms with Crippen molar-refractivity contribution in [3.8, 4) is 0 Å². The highest BCUT2D eigenvalue weighted by Gasteiger charge is 2.12. The van der Waals surface area contributed by atoms with Crippen LogP contribution >= 0.6 is 0 Å². The van der Waals surface area contributed by atoms with E-state index in [-0.39, 0.29) is 12.2 Å². The van der Waals surface area contributed by atoms with Crippen LogP contribution < -0.4 is 5.32 Å². The topological polar surface area (TPSA) is 67.8 Å². The minimum absolute atomic E-state index is 0.239. The van der Waals surface area contributed by atoms with Crippen LogP contribution in [0.3, 0.4) is 0 Å². The van der Waals surface area contributed by atoms with E-state index < -0.39 is 0 Å². The lowest BCUT2D eigenvalue weighted by Gasteiger charge is -2.22. The van der Waals surface area contributed by atoms with Crippen molar-refractivity contribution < 1.29 is 19.4 Å². The van der Waals surface area contributed by atoms with Crippen LogP contribution in [0.4, 0.5) is 0 Å². The number of rotatable bonds is 6. The molecule has 2 N–H and O–H groups in total. The van der Waals surface area contributed by atoms with Crippen LogP contribution in [0.25, 0.3) is 0 Å². The molecule has 1 atom stereocenters. The first kappa shape index (κ1) is 18.4. The van der Waals surface area contributed by atoms with E-state index in [9.17, 15) is 4.79 Å². The van der Waals surface area contributed by atoms with Crippen LogP contribution in [0.15, 0.2) is 0 Å². The van der Waals surface area contributed by atoms with Crippen LogP contribution in [0.5, 0.6) is 0 Å². The Bertz CT molecular complexity index is 210. The van der Waals surface area contributed by atoms with Gasteiger partial charge in [-0.3, -0.25) is 4.79 Å². The third-order valence-corrected chi connectivity index (χ3v) is 2.60. The monoisotopic (exact) mass is 275 g/mol. The van der Waals surface area contributed by atoms with Gasteiger partial charge in [-0.25, -0.2) is 0 Å². The number of piperidine rings is 1. The van der Waals surface area contributed by atoms with Crippen molar-refractivity contribution in [2.45, 2.75) is 45.6 Å². The molecule has 1 aliphatic heterocycles. The van der Waals surface area contributed by atoms with E-state index in [1.54, 1.807) is 0 Å². The van der Waals surface area contributed by atoms with Crippen LogP contribution in [0.2, 0.25) is 0 Å². The third kappa shape index (κ3) is 13.6. The summed E-state index contributed by atoms with van der Waals surface area (Å²) in [6.45, 7) is 9.97. The van der Waals surface area contributed by atoms with E-state index in [4.69, 9.17) is 9.84 Å². The summed E-state index contributed by atoms with van der Waals surface area (Å²) in [5.74, 6) is 0.692. The van der Waals surface area contributed by atoms with Crippen LogP contribution in [0, 0.1) is 5.92 Å². The Hall–Kier alpha value is -0.650. The van der Waals surface area contributed by atoms with Gasteiger partial charge in [0.15, 0.2) is 0 Å². The van der Waals surface area contributed by atoms with E-state index in [0.29, 0.717) is 19.0 Å². The highest BCUT2D eigenvalue weighted by Crippen LogP contribution is 2.09. The van der Waals surface area contributed by atoms with E-state index in [0.717, 1.165) is 26.1 Å². The second kappa shape index (κ2) is 11.2. The van der Waals surface area contributed by atoms with Crippen molar-refractivity contribution in [3.05, 3.63) is 0 Å². The fourth-order valence-electron chi connectivity index (χ4n) is 1.63. The van der Waals surface area contributed by atoms with Gasteiger partial charge >= 0.3 is 0 Å². The van der Waals surface area contributed by atoms with Gasteiger partial charge in [0.2, 0.25) is 0 Å². The Morgan fingerprint density at radius 3 is 2.58 bits per heavy atom. The fraction of sp³-hybridized carbons (Fsp3) is 0.929. The standard InChI is InChI=1S/C9H19NO2.C5H10O2/c11-5-2-6-12-8-9-3-1-4-10-7-9;1-5(2,3)7-4-6/h9-11H,1-8H2;4H,1-3H3. The molecule has 0 saturated carbocycles. The van der Waals surface area contributed by atoms with Gasteiger partial charge in [-0.1, -0.05) is 0 Å². The average Bonchev–Trinajstić information content (AvgIpc) is 2.35. The number of nitrogens with one attached hydrogen (secondary N) is 1. The maximum Gasteiger partial charge on any atom is 0.293 e. The molecule has 5 heteroatoms. The largest absolute Gasteiger partial charge is 0.462 e. The zero-order chi connectivity index (χ0) is 14.6. The molecule has 5 nitrogen and oxygen atoms in total. The van der Waals surface area contributed by atoms with Crippen molar-refractivity contribution in [1.82, 2.24) is 5.32 Å². The van der Waals surface area contributed by atoms with Gasteiger partial charge in [-0.05, 0) is 52.5 Å². The number of aliphatic hydroxyl groups is 1. The Labute approximate surface area is 116 Å². The minimum Gasteiger partial charge on any atom is -0.462 e. The van der Waals surface area contributed by atoms with Gasteiger partial charge < -0.3 is 19.9 Å². The molecule has 0 amide bonds. The first-order valence-corrected chi connectivity index (χ1v) is 7.00. The summed E-state index contributed by atoms with van der Waals surface area (Å²) in [6.07, 6.45) is 3.32. The molecule has 1 aliphatic rings. The molecule has 1 saturated heterocycles. The number of carbonyl (C=O) groups is 1. The van der Waals surface area contributed by atoms with E-state index in [1.807, 2.05) is 20.8 Å². The van der Waals surface area contributed by atoms with E-state index in [2.05, 4.69) is 10.1 Å². The van der Waals surface area contributed by atoms with Crippen LogP contribution in [0.1, 0.15) is 40.0 Å². The van der Waals surface area contributed by atoms with Gasteiger partial charge in [0, 0.05) is 19.8 Å². The first-order chi connectivity index (χ1) is 8.99. The lowest BCUT2D eigenvalue weighted by molar-refractivity contribution is -0.138. The smallest absolute Gasteiger partial charge is 0.293 e. The van der Waals surface area contributed by atoms with Crippen molar-refractivity contribution >= 4 is 6.47 Å². The molecule has 19 heavy (non-hydrogen) atoms. The third-order valence-electron chi connectivity index (χ3n) is 2.60. The Morgan fingerprint density at radius 1 is 1.42 bits per heavy atom. The number of hydrogen-bond donors (Lipinski definition) is 2. The van der Waals surface area contributed by atoms with Crippen LogP contribution in [-0.2, 0) is 14.3 Å². The highest BCUT2D eigenvalue weighted by atomic mass is 16.5. The SMILES string of the molecule is CC(C)(C)OC=O.OCCCOCC1CCCNC1. The summed E-state index contributed by atoms with van der Waals surface area (Å²) in [5, 5.41) is 11.9. The number of ether oxygens (including phenoxy) is 2. The van der Waals surface area contributed by atoms with Crippen LogP contribution in [-0.4, -0.2) is 50.1 Å². The molecule has 0 spiro atoms. The molecule has 1 rings (SSSR count). The summed E-state index contributed by atoms with van der Waals surface area (Å²) < 4.78 is 9.96. The molecular weight excluding hydrogens is 246 g/mol. The van der Waals surface area contributed by atoms with E-state index in [1.165, 1.54) is 12.8 Å². The number of carbonyl (C=O) groups excluding carboxylic acids is 1. The first-order valence-electron chi connectivity index (χ1n) is 7.00. The molecule has 0 aromatic heterocycles. The molecule has 0 bridgehead atoms. The number of hydrogen-bond acceptors (Lipinski definition) is 5. The summed E-state index contributed by atoms with van der Waals surface area (Å²) in [7, 11) is 0. The average molecular weight is 275 g/mol. The van der Waals surface area contributed by atoms with Gasteiger partial charge in [0.1, 0.15) is 5.60 Å². The Kier molecular flexibility index (Phi) is 10.8. The second-order valence-electron chi connectivity index (χ2n) is 5.69. The van der Waals surface area contributed by atoms with Crippen molar-refractivity contribution in [2.24, 2.45) is 5.92 Å². The quantitative estimate of drug-likeness (QED) is 0.565. The maximum atomic E-state index is 9.60. The molecular formula is C14H29NO4. The van der Waals surface area contributed by atoms with Crippen molar-refractivity contribution in [1.29, 1.82) is 0 Å². The molecule has 114 valence electrons. The van der Waals surface area contributed by atoms with Gasteiger partial charge in [-0.15, -0.1) is 0 Å². The molecule has 1 unspecified atom stereocenters. The summed E-state index contributed by atoms with van der Waals surface area (Å²) >= 11 is 0. The summed E-state index contributed by atoms with van der Waals surface area (Å²) in [6, 6.07) is 0. The minimum atomic E-state index is -0.318. The second-order valence-corrected chi connectivity index (χ2v) is 5.69. The molecule has 0 aromatic rings. The molecule has 0 radical (unpaired) electrons. The fourth-order valence-corrected chi connectivity index (χ4v) is 1.63. The molecule has 0 aliphatic carbocycles. The van der Waals surface area contributed by atoms with Gasteiger partial charge in [-0.2, -0.15) is 0 Å². The maximum absolute atomic E-state index is 9.60.